The van der Waals surface area contributed by atoms with Gasteiger partial charge in [-0.25, -0.2) is 0 Å². The molecule has 0 spiro atoms. The molecule has 0 aliphatic carbocycles. The lowest BCUT2D eigenvalue weighted by Gasteiger charge is -2.30. The van der Waals surface area contributed by atoms with Crippen LogP contribution in [0.25, 0.3) is 0 Å². The fraction of sp³-hybridized carbons (Fsp3) is 1.00. The number of hydrogen-bond acceptors (Lipinski definition) is 3. The molecule has 0 radical (unpaired) electrons. The maximum absolute atomic E-state index is 3.66. The van der Waals surface area contributed by atoms with Crippen LogP contribution in [0.5, 0.6) is 0 Å². The SMILES string of the molecule is CCC(CC)(CNCCCN1CCCC1)SC. The first-order valence-electron chi connectivity index (χ1n) is 7.24. The van der Waals surface area contributed by atoms with Crippen molar-refractivity contribution in [2.24, 2.45) is 0 Å². The number of hydrogen-bond donors (Lipinski definition) is 1. The van der Waals surface area contributed by atoms with Crippen LogP contribution in [0, 0.1) is 0 Å². The summed E-state index contributed by atoms with van der Waals surface area (Å²) in [6.45, 7) is 10.9. The number of rotatable bonds is 9. The van der Waals surface area contributed by atoms with Gasteiger partial charge in [-0.05, 0) is 64.5 Å². The van der Waals surface area contributed by atoms with E-state index in [2.05, 4.69) is 30.3 Å². The second-order valence-corrected chi connectivity index (χ2v) is 6.45. The van der Waals surface area contributed by atoms with Crippen LogP contribution in [0.1, 0.15) is 46.0 Å². The Labute approximate surface area is 112 Å². The zero-order valence-corrected chi connectivity index (χ0v) is 12.7. The van der Waals surface area contributed by atoms with E-state index >= 15 is 0 Å². The summed E-state index contributed by atoms with van der Waals surface area (Å²) < 4.78 is 0.466. The van der Waals surface area contributed by atoms with Crippen molar-refractivity contribution in [2.45, 2.75) is 50.7 Å². The smallest absolute Gasteiger partial charge is 0.0276 e. The quantitative estimate of drug-likeness (QED) is 0.640. The van der Waals surface area contributed by atoms with Crippen LogP contribution in [0.15, 0.2) is 0 Å². The van der Waals surface area contributed by atoms with Crippen molar-refractivity contribution in [1.29, 1.82) is 0 Å². The van der Waals surface area contributed by atoms with Gasteiger partial charge in [0.05, 0.1) is 0 Å². The van der Waals surface area contributed by atoms with Gasteiger partial charge in [-0.1, -0.05) is 13.8 Å². The molecule has 1 N–H and O–H groups in total. The molecule has 1 saturated heterocycles. The number of likely N-dealkylation sites (tertiary alicyclic amines) is 1. The first kappa shape index (κ1) is 15.3. The molecular formula is C14H30N2S. The van der Waals surface area contributed by atoms with Gasteiger partial charge in [0.25, 0.3) is 0 Å². The number of nitrogens with zero attached hydrogens (tertiary/aromatic N) is 1. The lowest BCUT2D eigenvalue weighted by molar-refractivity contribution is 0.329. The van der Waals surface area contributed by atoms with E-state index in [4.69, 9.17) is 0 Å². The molecule has 0 aromatic carbocycles. The van der Waals surface area contributed by atoms with Crippen molar-refractivity contribution in [3.05, 3.63) is 0 Å². The molecule has 1 rings (SSSR count). The van der Waals surface area contributed by atoms with Crippen molar-refractivity contribution >= 4 is 11.8 Å². The van der Waals surface area contributed by atoms with Crippen LogP contribution < -0.4 is 5.32 Å². The Morgan fingerprint density at radius 1 is 1.18 bits per heavy atom. The zero-order chi connectivity index (χ0) is 12.6. The fourth-order valence-electron chi connectivity index (χ4n) is 2.61. The Kier molecular flexibility index (Phi) is 7.56. The Bertz CT molecular complexity index is 178. The molecule has 1 heterocycles. The lowest BCUT2D eigenvalue weighted by Crippen LogP contribution is -2.37. The van der Waals surface area contributed by atoms with E-state index in [0.717, 1.165) is 0 Å². The maximum atomic E-state index is 3.66. The molecule has 1 aliphatic heterocycles. The van der Waals surface area contributed by atoms with E-state index in [9.17, 15) is 0 Å². The highest BCUT2D eigenvalue weighted by atomic mass is 32.2. The predicted octanol–water partition coefficient (Wildman–Crippen LogP) is 2.98. The molecule has 17 heavy (non-hydrogen) atoms. The minimum absolute atomic E-state index is 0.466. The number of thioether (sulfide) groups is 1. The third kappa shape index (κ3) is 5.19. The van der Waals surface area contributed by atoms with Gasteiger partial charge in [0.15, 0.2) is 0 Å². The van der Waals surface area contributed by atoms with E-state index in [1.807, 2.05) is 11.8 Å². The zero-order valence-electron chi connectivity index (χ0n) is 11.9. The summed E-state index contributed by atoms with van der Waals surface area (Å²) in [7, 11) is 0. The van der Waals surface area contributed by atoms with Gasteiger partial charge < -0.3 is 10.2 Å². The topological polar surface area (TPSA) is 15.3 Å². The minimum Gasteiger partial charge on any atom is -0.315 e. The van der Waals surface area contributed by atoms with Gasteiger partial charge >= 0.3 is 0 Å². The Morgan fingerprint density at radius 2 is 1.82 bits per heavy atom. The van der Waals surface area contributed by atoms with Crippen LogP contribution in [0.3, 0.4) is 0 Å². The van der Waals surface area contributed by atoms with Gasteiger partial charge in [-0.2, -0.15) is 11.8 Å². The van der Waals surface area contributed by atoms with Crippen molar-refractivity contribution in [3.8, 4) is 0 Å². The van der Waals surface area contributed by atoms with E-state index in [0.29, 0.717) is 4.75 Å². The lowest BCUT2D eigenvalue weighted by atomic mass is 10.0. The number of nitrogens with one attached hydrogen (secondary N) is 1. The van der Waals surface area contributed by atoms with Crippen molar-refractivity contribution in [2.75, 3.05) is 39.0 Å². The molecular weight excluding hydrogens is 228 g/mol. The maximum Gasteiger partial charge on any atom is 0.0276 e. The molecule has 1 aliphatic rings. The average molecular weight is 258 g/mol. The highest BCUT2D eigenvalue weighted by Crippen LogP contribution is 2.29. The molecule has 1 fully saturated rings. The molecule has 0 amide bonds. The average Bonchev–Trinajstić information content (AvgIpc) is 2.88. The molecule has 0 unspecified atom stereocenters. The Hall–Kier alpha value is 0.270. The van der Waals surface area contributed by atoms with Crippen molar-refractivity contribution < 1.29 is 0 Å². The molecule has 0 aromatic rings. The Balaban J connectivity index is 2.05. The van der Waals surface area contributed by atoms with Gasteiger partial charge in [-0.15, -0.1) is 0 Å². The first-order valence-corrected chi connectivity index (χ1v) is 8.47. The standard InChI is InChI=1S/C14H30N2S/c1-4-14(5-2,17-3)13-15-9-8-12-16-10-6-7-11-16/h15H,4-13H2,1-3H3. The monoisotopic (exact) mass is 258 g/mol. The molecule has 0 bridgehead atoms. The van der Waals surface area contributed by atoms with Crippen LogP contribution in [0.2, 0.25) is 0 Å². The molecule has 0 aromatic heterocycles. The molecule has 0 atom stereocenters. The van der Waals surface area contributed by atoms with E-state index in [1.165, 1.54) is 64.8 Å². The summed E-state index contributed by atoms with van der Waals surface area (Å²) in [6, 6.07) is 0. The second kappa shape index (κ2) is 8.39. The molecule has 3 heteroatoms. The normalized spacial score (nSPS) is 17.8. The summed E-state index contributed by atoms with van der Waals surface area (Å²) in [4.78, 5) is 2.60. The van der Waals surface area contributed by atoms with Crippen molar-refractivity contribution in [1.82, 2.24) is 10.2 Å². The summed E-state index contributed by atoms with van der Waals surface area (Å²) in [5.74, 6) is 0. The molecule has 0 saturated carbocycles. The molecule has 2 nitrogen and oxygen atoms in total. The summed E-state index contributed by atoms with van der Waals surface area (Å²) in [5.41, 5.74) is 0. The van der Waals surface area contributed by atoms with Crippen LogP contribution in [-0.2, 0) is 0 Å². The minimum atomic E-state index is 0.466. The highest BCUT2D eigenvalue weighted by molar-refractivity contribution is 8.00. The van der Waals surface area contributed by atoms with E-state index < -0.39 is 0 Å². The van der Waals surface area contributed by atoms with Gasteiger partial charge in [0, 0.05) is 11.3 Å². The highest BCUT2D eigenvalue weighted by Gasteiger charge is 2.23. The van der Waals surface area contributed by atoms with Crippen LogP contribution >= 0.6 is 11.8 Å². The largest absolute Gasteiger partial charge is 0.315 e. The van der Waals surface area contributed by atoms with Crippen molar-refractivity contribution in [3.63, 3.8) is 0 Å². The predicted molar refractivity (Wildman–Crippen MR) is 80.0 cm³/mol. The van der Waals surface area contributed by atoms with E-state index in [1.54, 1.807) is 0 Å². The van der Waals surface area contributed by atoms with Gasteiger partial charge in [0.1, 0.15) is 0 Å². The second-order valence-electron chi connectivity index (χ2n) is 5.17. The third-order valence-corrected chi connectivity index (χ3v) is 5.78. The van der Waals surface area contributed by atoms with Gasteiger partial charge in [0.2, 0.25) is 0 Å². The molecule has 102 valence electrons. The van der Waals surface area contributed by atoms with Crippen LogP contribution in [0.4, 0.5) is 0 Å². The summed E-state index contributed by atoms with van der Waals surface area (Å²) in [5, 5.41) is 3.66. The summed E-state index contributed by atoms with van der Waals surface area (Å²) >= 11 is 2.03. The first-order chi connectivity index (χ1) is 8.26. The van der Waals surface area contributed by atoms with Crippen LogP contribution in [-0.4, -0.2) is 48.6 Å². The third-order valence-electron chi connectivity index (χ3n) is 4.20. The summed E-state index contributed by atoms with van der Waals surface area (Å²) in [6.07, 6.45) is 8.91. The fourth-order valence-corrected chi connectivity index (χ4v) is 3.43. The van der Waals surface area contributed by atoms with E-state index in [-0.39, 0.29) is 0 Å². The Morgan fingerprint density at radius 3 is 2.35 bits per heavy atom. The van der Waals surface area contributed by atoms with Gasteiger partial charge in [-0.3, -0.25) is 0 Å².